The van der Waals surface area contributed by atoms with E-state index in [0.717, 1.165) is 33.8 Å². The lowest BCUT2D eigenvalue weighted by Gasteiger charge is -2.22. The predicted molar refractivity (Wildman–Crippen MR) is 110 cm³/mol. The molecule has 1 unspecified atom stereocenters. The number of amides is 1. The topological polar surface area (TPSA) is 88.6 Å². The number of hydrogen-bond acceptors (Lipinski definition) is 6. The predicted octanol–water partition coefficient (Wildman–Crippen LogP) is 2.87. The van der Waals surface area contributed by atoms with E-state index in [1.54, 1.807) is 0 Å². The highest BCUT2D eigenvalue weighted by atomic mass is 32.2. The van der Waals surface area contributed by atoms with Crippen molar-refractivity contribution in [2.75, 3.05) is 25.0 Å². The summed E-state index contributed by atoms with van der Waals surface area (Å²) in [5.41, 5.74) is 1.57. The molecule has 1 amide bonds. The number of hydrogen-bond donors (Lipinski definition) is 1. The number of rotatable bonds is 8. The van der Waals surface area contributed by atoms with Crippen molar-refractivity contribution in [1.29, 1.82) is 0 Å². The van der Waals surface area contributed by atoms with Gasteiger partial charge in [-0.2, -0.15) is 4.31 Å². The lowest BCUT2D eigenvalue weighted by atomic mass is 10.2. The third-order valence-electron chi connectivity index (χ3n) is 4.21. The molecule has 0 aliphatic carbocycles. The Morgan fingerprint density at radius 1 is 1.39 bits per heavy atom. The van der Waals surface area contributed by atoms with Crippen molar-refractivity contribution in [3.8, 4) is 0 Å². The Balaban J connectivity index is 1.73. The zero-order valence-electron chi connectivity index (χ0n) is 15.6. The molecule has 3 rings (SSSR count). The van der Waals surface area contributed by atoms with E-state index in [2.05, 4.69) is 10.3 Å². The van der Waals surface area contributed by atoms with Crippen LogP contribution in [0.25, 0.3) is 6.08 Å². The molecule has 1 fully saturated rings. The first kappa shape index (κ1) is 20.7. The van der Waals surface area contributed by atoms with Gasteiger partial charge in [0, 0.05) is 23.9 Å². The summed E-state index contributed by atoms with van der Waals surface area (Å²) < 4.78 is 32.5. The van der Waals surface area contributed by atoms with Crippen LogP contribution < -0.4 is 5.32 Å². The van der Waals surface area contributed by atoms with E-state index in [9.17, 15) is 13.2 Å². The highest BCUT2D eigenvalue weighted by Crippen LogP contribution is 2.18. The smallest absolute Gasteiger partial charge is 0.241 e. The molecule has 0 bridgehead atoms. The number of thiazole rings is 1. The molecule has 7 nitrogen and oxygen atoms in total. The van der Waals surface area contributed by atoms with Crippen molar-refractivity contribution < 1.29 is 17.9 Å². The van der Waals surface area contributed by atoms with Gasteiger partial charge in [-0.05, 0) is 31.4 Å². The number of carbonyl (C=O) groups excluding carboxylic acids is 1. The molecular weight excluding hydrogens is 398 g/mol. The maximum absolute atomic E-state index is 12.9. The summed E-state index contributed by atoms with van der Waals surface area (Å²) in [6, 6.07) is 9.15. The normalized spacial score (nSPS) is 17.4. The molecule has 2 aromatic rings. The molecule has 28 heavy (non-hydrogen) atoms. The Hall–Kier alpha value is -2.07. The monoisotopic (exact) mass is 421 g/mol. The molecule has 1 aromatic heterocycles. The van der Waals surface area contributed by atoms with Gasteiger partial charge in [0.15, 0.2) is 5.13 Å². The summed E-state index contributed by atoms with van der Waals surface area (Å²) in [6.07, 6.45) is 3.00. The summed E-state index contributed by atoms with van der Waals surface area (Å²) in [6.45, 7) is 2.30. The Labute approximate surface area is 169 Å². The molecule has 9 heteroatoms. The summed E-state index contributed by atoms with van der Waals surface area (Å²) in [4.78, 5) is 16.6. The Kier molecular flexibility index (Phi) is 6.95. The number of aryl methyl sites for hydroxylation is 1. The first-order chi connectivity index (χ1) is 13.4. The second-order valence-electron chi connectivity index (χ2n) is 6.53. The van der Waals surface area contributed by atoms with Gasteiger partial charge in [-0.25, -0.2) is 13.4 Å². The maximum Gasteiger partial charge on any atom is 0.241 e. The fourth-order valence-corrected chi connectivity index (χ4v) is 4.70. The molecule has 0 saturated carbocycles. The zero-order chi connectivity index (χ0) is 20.0. The summed E-state index contributed by atoms with van der Waals surface area (Å²) in [5.74, 6) is -0.427. The maximum atomic E-state index is 12.9. The van der Waals surface area contributed by atoms with Gasteiger partial charge in [-0.15, -0.1) is 11.3 Å². The van der Waals surface area contributed by atoms with Gasteiger partial charge < -0.3 is 10.1 Å². The fraction of sp³-hybridized carbons (Fsp3) is 0.368. The second-order valence-corrected chi connectivity index (χ2v) is 9.20. The van der Waals surface area contributed by atoms with Crippen LogP contribution in [0.2, 0.25) is 0 Å². The second kappa shape index (κ2) is 9.42. The van der Waals surface area contributed by atoms with E-state index < -0.39 is 15.9 Å². The van der Waals surface area contributed by atoms with E-state index in [4.69, 9.17) is 4.74 Å². The van der Waals surface area contributed by atoms with Crippen LogP contribution >= 0.6 is 11.3 Å². The summed E-state index contributed by atoms with van der Waals surface area (Å²) in [5, 5.41) is 6.07. The highest BCUT2D eigenvalue weighted by molar-refractivity contribution is 7.92. The number of sulfonamides is 1. The van der Waals surface area contributed by atoms with Gasteiger partial charge in [0.2, 0.25) is 15.9 Å². The molecular formula is C19H23N3O4S2. The number of ether oxygens (including phenoxy) is 1. The molecule has 1 aliphatic rings. The van der Waals surface area contributed by atoms with Crippen molar-refractivity contribution in [3.05, 3.63) is 52.4 Å². The number of nitrogens with zero attached hydrogens (tertiary/aromatic N) is 2. The quantitative estimate of drug-likeness (QED) is 0.708. The van der Waals surface area contributed by atoms with E-state index in [-0.39, 0.29) is 19.2 Å². The number of anilines is 1. The molecule has 150 valence electrons. The van der Waals surface area contributed by atoms with Gasteiger partial charge in [0.1, 0.15) is 0 Å². The lowest BCUT2D eigenvalue weighted by molar-refractivity contribution is -0.116. The molecule has 1 aliphatic heterocycles. The number of carbonyl (C=O) groups is 1. The third kappa shape index (κ3) is 5.96. The van der Waals surface area contributed by atoms with Gasteiger partial charge in [0.25, 0.3) is 0 Å². The molecule has 1 atom stereocenters. The average molecular weight is 422 g/mol. The van der Waals surface area contributed by atoms with E-state index in [0.29, 0.717) is 11.7 Å². The van der Waals surface area contributed by atoms with Crippen LogP contribution in [0.4, 0.5) is 5.13 Å². The minimum atomic E-state index is -3.80. The lowest BCUT2D eigenvalue weighted by Crippen LogP contribution is -2.41. The van der Waals surface area contributed by atoms with Crippen LogP contribution in [-0.2, 0) is 19.6 Å². The molecule has 1 saturated heterocycles. The van der Waals surface area contributed by atoms with Crippen molar-refractivity contribution in [2.45, 2.75) is 25.9 Å². The Morgan fingerprint density at radius 3 is 2.82 bits per heavy atom. The molecule has 1 N–H and O–H groups in total. The van der Waals surface area contributed by atoms with Crippen LogP contribution in [-0.4, -0.2) is 49.4 Å². The number of benzene rings is 1. The van der Waals surface area contributed by atoms with Gasteiger partial charge in [0.05, 0.1) is 18.3 Å². The van der Waals surface area contributed by atoms with Crippen LogP contribution in [0.3, 0.4) is 0 Å². The first-order valence-corrected chi connectivity index (χ1v) is 11.4. The van der Waals surface area contributed by atoms with E-state index in [1.165, 1.54) is 17.4 Å². The molecule has 2 heterocycles. The number of nitrogens with one attached hydrogen (secondary N) is 1. The Morgan fingerprint density at radius 2 is 2.18 bits per heavy atom. The summed E-state index contributed by atoms with van der Waals surface area (Å²) >= 11 is 1.30. The first-order valence-electron chi connectivity index (χ1n) is 8.99. The molecule has 0 radical (unpaired) electrons. The van der Waals surface area contributed by atoms with E-state index in [1.807, 2.05) is 42.6 Å². The standard InChI is InChI=1S/C19H23N3O4S2/c1-15-14-27-19(20-15)21-18(23)13-22(12-17-8-5-10-26-17)28(24,25)11-9-16-6-3-2-4-7-16/h2-4,6-7,9,11,14,17H,5,8,10,12-13H2,1H3,(H,20,21,23). The van der Waals surface area contributed by atoms with Crippen LogP contribution in [0.5, 0.6) is 0 Å². The van der Waals surface area contributed by atoms with Crippen molar-refractivity contribution in [2.24, 2.45) is 0 Å². The van der Waals surface area contributed by atoms with Crippen molar-refractivity contribution in [3.63, 3.8) is 0 Å². The molecule has 1 aromatic carbocycles. The fourth-order valence-electron chi connectivity index (χ4n) is 2.82. The van der Waals surface area contributed by atoms with Crippen molar-refractivity contribution >= 4 is 38.5 Å². The SMILES string of the molecule is Cc1csc(NC(=O)CN(CC2CCCO2)S(=O)(=O)C=Cc2ccccc2)n1. The van der Waals surface area contributed by atoms with Crippen LogP contribution in [0.1, 0.15) is 24.1 Å². The van der Waals surface area contributed by atoms with Gasteiger partial charge in [-0.3, -0.25) is 4.79 Å². The largest absolute Gasteiger partial charge is 0.377 e. The van der Waals surface area contributed by atoms with Gasteiger partial charge >= 0.3 is 0 Å². The number of aromatic nitrogens is 1. The highest BCUT2D eigenvalue weighted by Gasteiger charge is 2.28. The third-order valence-corrected chi connectivity index (χ3v) is 6.56. The molecule has 0 spiro atoms. The summed E-state index contributed by atoms with van der Waals surface area (Å²) in [7, 11) is -3.80. The average Bonchev–Trinajstić information content (AvgIpc) is 3.32. The zero-order valence-corrected chi connectivity index (χ0v) is 17.2. The van der Waals surface area contributed by atoms with E-state index >= 15 is 0 Å². The van der Waals surface area contributed by atoms with Crippen LogP contribution in [0.15, 0.2) is 41.1 Å². The minimum absolute atomic E-state index is 0.145. The Bertz CT molecular complexity index is 920. The van der Waals surface area contributed by atoms with Crippen molar-refractivity contribution in [1.82, 2.24) is 9.29 Å². The minimum Gasteiger partial charge on any atom is -0.377 e. The van der Waals surface area contributed by atoms with Gasteiger partial charge in [-0.1, -0.05) is 30.3 Å². The van der Waals surface area contributed by atoms with Crippen LogP contribution in [0, 0.1) is 6.92 Å².